The van der Waals surface area contributed by atoms with Crippen LogP contribution in [0.2, 0.25) is 0 Å². The van der Waals surface area contributed by atoms with Crippen LogP contribution < -0.4 is 0 Å². The van der Waals surface area contributed by atoms with Gasteiger partial charge in [-0.3, -0.25) is 0 Å². The molecule has 2 heteroatoms. The van der Waals surface area contributed by atoms with Crippen LogP contribution in [-0.4, -0.2) is 22.9 Å². The van der Waals surface area contributed by atoms with Crippen molar-refractivity contribution in [2.45, 2.75) is 70.8 Å². The van der Waals surface area contributed by atoms with Gasteiger partial charge in [0, 0.05) is 12.0 Å². The van der Waals surface area contributed by atoms with Gasteiger partial charge in [-0.2, -0.15) is 0 Å². The van der Waals surface area contributed by atoms with Gasteiger partial charge in [-0.25, -0.2) is 0 Å². The summed E-state index contributed by atoms with van der Waals surface area (Å²) in [6.07, 6.45) is 3.54. The van der Waals surface area contributed by atoms with Crippen molar-refractivity contribution in [3.8, 4) is 0 Å². The largest absolute Gasteiger partial charge is 0.396 e. The second-order valence-electron chi connectivity index (χ2n) is 8.31. The predicted molar refractivity (Wildman–Crippen MR) is 90.1 cm³/mol. The second-order valence-corrected chi connectivity index (χ2v) is 8.31. The lowest BCUT2D eigenvalue weighted by Gasteiger charge is -2.57. The summed E-state index contributed by atoms with van der Waals surface area (Å²) in [7, 11) is 0. The molecule has 0 bridgehead atoms. The van der Waals surface area contributed by atoms with Gasteiger partial charge in [-0.05, 0) is 59.6 Å². The molecule has 0 aromatic heterocycles. The molecule has 4 unspecified atom stereocenters. The van der Waals surface area contributed by atoms with Crippen LogP contribution in [0.25, 0.3) is 0 Å². The molecular formula is C20H30O2. The van der Waals surface area contributed by atoms with E-state index in [0.29, 0.717) is 11.8 Å². The summed E-state index contributed by atoms with van der Waals surface area (Å²) in [5, 5.41) is 20.8. The number of rotatable bonds is 2. The highest BCUT2D eigenvalue weighted by atomic mass is 16.3. The van der Waals surface area contributed by atoms with Gasteiger partial charge in [0.15, 0.2) is 0 Å². The maximum Gasteiger partial charge on any atom is 0.0637 e. The minimum Gasteiger partial charge on any atom is -0.396 e. The average molecular weight is 302 g/mol. The molecule has 2 aliphatic carbocycles. The number of aryl methyl sites for hydroxylation is 1. The molecule has 2 nitrogen and oxygen atoms in total. The van der Waals surface area contributed by atoms with Gasteiger partial charge in [0.1, 0.15) is 0 Å². The molecule has 4 atom stereocenters. The Kier molecular flexibility index (Phi) is 3.89. The molecule has 1 aromatic rings. The van der Waals surface area contributed by atoms with Crippen LogP contribution in [0.15, 0.2) is 18.2 Å². The molecule has 1 aromatic carbocycles. The van der Waals surface area contributed by atoms with Gasteiger partial charge in [-0.1, -0.05) is 45.9 Å². The van der Waals surface area contributed by atoms with Crippen molar-refractivity contribution in [1.29, 1.82) is 0 Å². The molecule has 0 amide bonds. The fourth-order valence-corrected chi connectivity index (χ4v) is 5.11. The fourth-order valence-electron chi connectivity index (χ4n) is 5.11. The lowest BCUT2D eigenvalue weighted by Crippen LogP contribution is -2.57. The van der Waals surface area contributed by atoms with E-state index in [1.807, 2.05) is 0 Å². The molecule has 0 aliphatic heterocycles. The highest BCUT2D eigenvalue weighted by Crippen LogP contribution is 2.57. The number of hydrogen-bond donors (Lipinski definition) is 2. The van der Waals surface area contributed by atoms with E-state index in [0.717, 1.165) is 25.7 Å². The molecule has 0 spiro atoms. The zero-order valence-corrected chi connectivity index (χ0v) is 14.4. The first kappa shape index (κ1) is 16.0. The van der Waals surface area contributed by atoms with E-state index in [1.54, 1.807) is 0 Å². The minimum atomic E-state index is -0.305. The standard InChI is InChI=1S/C20H30O2/c1-13(2)14-5-7-16-15(11-14)6-8-17-19(3,12-21)10-9-18(22)20(16,17)4/h5,7,11,13,17-18,21-22H,6,8-10,12H2,1-4H3. The Morgan fingerprint density at radius 3 is 2.59 bits per heavy atom. The highest BCUT2D eigenvalue weighted by molar-refractivity contribution is 5.43. The van der Waals surface area contributed by atoms with Crippen molar-refractivity contribution >= 4 is 0 Å². The molecule has 3 rings (SSSR count). The molecule has 0 saturated heterocycles. The molecule has 0 radical (unpaired) electrons. The van der Waals surface area contributed by atoms with Crippen molar-refractivity contribution in [3.63, 3.8) is 0 Å². The summed E-state index contributed by atoms with van der Waals surface area (Å²) >= 11 is 0. The lowest BCUT2D eigenvalue weighted by atomic mass is 9.49. The third-order valence-electron chi connectivity index (χ3n) is 6.69. The summed E-state index contributed by atoms with van der Waals surface area (Å²) < 4.78 is 0. The Labute approximate surface area is 134 Å². The van der Waals surface area contributed by atoms with E-state index in [-0.39, 0.29) is 23.5 Å². The van der Waals surface area contributed by atoms with Gasteiger partial charge in [0.05, 0.1) is 6.10 Å². The van der Waals surface area contributed by atoms with E-state index in [1.165, 1.54) is 16.7 Å². The third kappa shape index (κ3) is 2.15. The van der Waals surface area contributed by atoms with Gasteiger partial charge < -0.3 is 10.2 Å². The quantitative estimate of drug-likeness (QED) is 0.873. The number of hydrogen-bond acceptors (Lipinski definition) is 2. The van der Waals surface area contributed by atoms with Crippen LogP contribution in [0, 0.1) is 11.3 Å². The first-order valence-corrected chi connectivity index (χ1v) is 8.75. The van der Waals surface area contributed by atoms with E-state index < -0.39 is 0 Å². The zero-order chi connectivity index (χ0) is 16.1. The molecule has 2 N–H and O–H groups in total. The Morgan fingerprint density at radius 2 is 1.95 bits per heavy atom. The van der Waals surface area contributed by atoms with Gasteiger partial charge in [0.2, 0.25) is 0 Å². The molecule has 22 heavy (non-hydrogen) atoms. The molecule has 122 valence electrons. The summed E-state index contributed by atoms with van der Waals surface area (Å²) in [5.74, 6) is 0.890. The lowest BCUT2D eigenvalue weighted by molar-refractivity contribution is -0.0862. The van der Waals surface area contributed by atoms with Crippen LogP contribution in [0.4, 0.5) is 0 Å². The monoisotopic (exact) mass is 302 g/mol. The van der Waals surface area contributed by atoms with Crippen molar-refractivity contribution in [2.75, 3.05) is 6.61 Å². The molecule has 1 fully saturated rings. The Hall–Kier alpha value is -0.860. The van der Waals surface area contributed by atoms with E-state index in [2.05, 4.69) is 45.9 Å². The van der Waals surface area contributed by atoms with Crippen molar-refractivity contribution in [1.82, 2.24) is 0 Å². The summed E-state index contributed by atoms with van der Waals surface area (Å²) in [6, 6.07) is 6.83. The topological polar surface area (TPSA) is 40.5 Å². The number of aliphatic hydroxyl groups excluding tert-OH is 2. The van der Waals surface area contributed by atoms with Crippen LogP contribution in [0.3, 0.4) is 0 Å². The number of benzene rings is 1. The Bertz CT molecular complexity index is 565. The fraction of sp³-hybridized carbons (Fsp3) is 0.700. The van der Waals surface area contributed by atoms with Crippen LogP contribution in [0.1, 0.15) is 69.6 Å². The second kappa shape index (κ2) is 5.35. The maximum atomic E-state index is 10.8. The average Bonchev–Trinajstić information content (AvgIpc) is 2.51. The first-order valence-electron chi connectivity index (χ1n) is 8.75. The number of aliphatic hydroxyl groups is 2. The normalized spacial score (nSPS) is 37.8. The van der Waals surface area contributed by atoms with E-state index >= 15 is 0 Å². The van der Waals surface area contributed by atoms with Crippen molar-refractivity contribution in [2.24, 2.45) is 11.3 Å². The predicted octanol–water partition coefficient (Wildman–Crippen LogP) is 3.78. The highest BCUT2D eigenvalue weighted by Gasteiger charge is 2.55. The smallest absolute Gasteiger partial charge is 0.0637 e. The molecule has 2 aliphatic rings. The zero-order valence-electron chi connectivity index (χ0n) is 14.4. The van der Waals surface area contributed by atoms with Crippen LogP contribution in [0.5, 0.6) is 0 Å². The van der Waals surface area contributed by atoms with Crippen LogP contribution in [-0.2, 0) is 11.8 Å². The van der Waals surface area contributed by atoms with Crippen molar-refractivity contribution in [3.05, 3.63) is 34.9 Å². The van der Waals surface area contributed by atoms with Gasteiger partial charge in [-0.15, -0.1) is 0 Å². The molecule has 1 saturated carbocycles. The SMILES string of the molecule is CC(C)c1ccc2c(c1)CCC1C(C)(CO)CCC(O)C21C. The third-order valence-corrected chi connectivity index (χ3v) is 6.69. The minimum absolute atomic E-state index is 0.0671. The number of fused-ring (bicyclic) bond motifs is 3. The Balaban J connectivity index is 2.10. The van der Waals surface area contributed by atoms with E-state index in [4.69, 9.17) is 0 Å². The van der Waals surface area contributed by atoms with E-state index in [9.17, 15) is 10.2 Å². The van der Waals surface area contributed by atoms with Gasteiger partial charge >= 0.3 is 0 Å². The Morgan fingerprint density at radius 1 is 1.23 bits per heavy atom. The van der Waals surface area contributed by atoms with Crippen LogP contribution >= 0.6 is 0 Å². The van der Waals surface area contributed by atoms with Crippen molar-refractivity contribution < 1.29 is 10.2 Å². The maximum absolute atomic E-state index is 10.8. The molecule has 0 heterocycles. The molecular weight excluding hydrogens is 272 g/mol. The first-order chi connectivity index (χ1) is 10.3. The van der Waals surface area contributed by atoms with Gasteiger partial charge in [0.25, 0.3) is 0 Å². The summed E-state index contributed by atoms with van der Waals surface area (Å²) in [6.45, 7) is 9.11. The summed E-state index contributed by atoms with van der Waals surface area (Å²) in [4.78, 5) is 0. The summed E-state index contributed by atoms with van der Waals surface area (Å²) in [5.41, 5.74) is 3.82.